The normalized spacial score (nSPS) is 13.5. The van der Waals surface area contributed by atoms with Gasteiger partial charge in [0.2, 0.25) is 0 Å². The fourth-order valence-electron chi connectivity index (χ4n) is 3.22. The van der Waals surface area contributed by atoms with Crippen LogP contribution in [-0.2, 0) is 16.2 Å². The summed E-state index contributed by atoms with van der Waals surface area (Å²) in [6, 6.07) is 0. The fraction of sp³-hybridized carbons (Fsp3) is 0.708. The first-order valence-electron chi connectivity index (χ1n) is 9.93. The maximum atomic E-state index is 13.2. The Kier molecular flexibility index (Phi) is 6.55. The monoisotopic (exact) mass is 391 g/mol. The highest BCUT2D eigenvalue weighted by Crippen LogP contribution is 2.42. The molecule has 0 bridgehead atoms. The van der Waals surface area contributed by atoms with Crippen LogP contribution in [0.25, 0.3) is 4.83 Å². The molecule has 2 nitrogen and oxygen atoms in total. The lowest BCUT2D eigenvalue weighted by atomic mass is 9.69. The minimum atomic E-state index is -0.178. The Hall–Kier alpha value is -1.09. The molecule has 0 saturated carbocycles. The number of aromatic nitrogens is 1. The molecule has 0 radical (unpaired) electrons. The topological polar surface area (TPSA) is 21.5 Å². The van der Waals surface area contributed by atoms with Crippen molar-refractivity contribution in [1.82, 2.24) is 4.40 Å². The molecular weight excluding hydrogens is 350 g/mol. The minimum absolute atomic E-state index is 0.00752. The van der Waals surface area contributed by atoms with E-state index in [1.165, 1.54) is 11.1 Å². The van der Waals surface area contributed by atoms with Gasteiger partial charge in [0.25, 0.3) is 5.56 Å². The van der Waals surface area contributed by atoms with Crippen LogP contribution >= 0.6 is 11.3 Å². The first-order chi connectivity index (χ1) is 11.8. The lowest BCUT2D eigenvalue weighted by Crippen LogP contribution is -2.36. The van der Waals surface area contributed by atoms with Crippen molar-refractivity contribution in [1.29, 1.82) is 0 Å². The average Bonchev–Trinajstić information content (AvgIpc) is 2.80. The summed E-state index contributed by atoms with van der Waals surface area (Å²) >= 11 is 1.67. The molecule has 27 heavy (non-hydrogen) atoms. The summed E-state index contributed by atoms with van der Waals surface area (Å²) in [6.07, 6.45) is 1.92. The Morgan fingerprint density at radius 2 is 1.04 bits per heavy atom. The number of thiazole rings is 1. The van der Waals surface area contributed by atoms with Crippen molar-refractivity contribution in [3.63, 3.8) is 0 Å². The summed E-state index contributed by atoms with van der Waals surface area (Å²) in [5.41, 5.74) is 3.90. The number of nitrogens with zero attached hydrogens (tertiary/aromatic N) is 1. The third-order valence-electron chi connectivity index (χ3n) is 4.00. The van der Waals surface area contributed by atoms with Crippen LogP contribution < -0.4 is 5.56 Å². The summed E-state index contributed by atoms with van der Waals surface area (Å²) in [7, 11) is 0. The van der Waals surface area contributed by atoms with Crippen LogP contribution in [0.4, 0.5) is 0 Å². The SMILES string of the molecule is CC(C)(C)C.CC(C)(C)c1c(C(C)(C)C)c(=O)n2ccsc2c1C(C)(C)C. The maximum absolute atomic E-state index is 13.2. The molecule has 0 unspecified atom stereocenters. The summed E-state index contributed by atoms with van der Waals surface area (Å²) in [6.45, 7) is 28.6. The van der Waals surface area contributed by atoms with Crippen molar-refractivity contribution < 1.29 is 0 Å². The number of fused-ring (bicyclic) bond motifs is 1. The van der Waals surface area contributed by atoms with E-state index in [-0.39, 0.29) is 21.8 Å². The van der Waals surface area contributed by atoms with Crippen molar-refractivity contribution >= 4 is 16.2 Å². The zero-order chi connectivity index (χ0) is 21.6. The van der Waals surface area contributed by atoms with Crippen LogP contribution in [0.15, 0.2) is 16.4 Å². The molecule has 0 aliphatic heterocycles. The van der Waals surface area contributed by atoms with E-state index in [2.05, 4.69) is 90.0 Å². The van der Waals surface area contributed by atoms with Crippen LogP contribution in [0, 0.1) is 5.41 Å². The molecule has 0 aliphatic carbocycles. The number of hydrogen-bond acceptors (Lipinski definition) is 2. The standard InChI is InChI=1S/C19H29NOS.C5H12/c1-17(2,3)12-13(18(4,5)6)15(21)20-10-11-22-16(20)14(12)19(7,8)9;1-5(2,3)4/h10-11H,1-9H3;1-4H3. The largest absolute Gasteiger partial charge is 0.274 e. The van der Waals surface area contributed by atoms with Crippen LogP contribution in [0.2, 0.25) is 0 Å². The van der Waals surface area contributed by atoms with Crippen LogP contribution in [-0.4, -0.2) is 4.40 Å². The summed E-state index contributed by atoms with van der Waals surface area (Å²) in [5.74, 6) is 0. The maximum Gasteiger partial charge on any atom is 0.259 e. The molecule has 2 heterocycles. The molecular formula is C24H41NOS. The van der Waals surface area contributed by atoms with Crippen molar-refractivity contribution in [2.24, 2.45) is 5.41 Å². The van der Waals surface area contributed by atoms with Gasteiger partial charge in [-0.1, -0.05) is 90.0 Å². The van der Waals surface area contributed by atoms with Gasteiger partial charge in [-0.05, 0) is 32.8 Å². The second-order valence-corrected chi connectivity index (χ2v) is 13.2. The van der Waals surface area contributed by atoms with Gasteiger partial charge in [-0.2, -0.15) is 0 Å². The lowest BCUT2D eigenvalue weighted by molar-refractivity contribution is 0.469. The Labute approximate surface area is 171 Å². The van der Waals surface area contributed by atoms with Gasteiger partial charge in [0.05, 0.1) is 0 Å². The molecule has 2 aromatic heterocycles. The van der Waals surface area contributed by atoms with Crippen molar-refractivity contribution in [3.05, 3.63) is 38.6 Å². The summed E-state index contributed by atoms with van der Waals surface area (Å²) in [5, 5.41) is 2.02. The molecule has 0 N–H and O–H groups in total. The summed E-state index contributed by atoms with van der Waals surface area (Å²) in [4.78, 5) is 14.2. The van der Waals surface area contributed by atoms with E-state index in [1.807, 2.05) is 16.0 Å². The molecule has 0 atom stereocenters. The van der Waals surface area contributed by atoms with Gasteiger partial charge in [-0.25, -0.2) is 0 Å². The highest BCUT2D eigenvalue weighted by molar-refractivity contribution is 7.15. The van der Waals surface area contributed by atoms with E-state index >= 15 is 0 Å². The predicted octanol–water partition coefficient (Wildman–Crippen LogP) is 7.31. The Morgan fingerprint density at radius 3 is 1.37 bits per heavy atom. The highest BCUT2D eigenvalue weighted by atomic mass is 32.1. The van der Waals surface area contributed by atoms with Crippen LogP contribution in [0.1, 0.15) is 107 Å². The number of rotatable bonds is 0. The molecule has 0 aliphatic rings. The molecule has 0 saturated heterocycles. The molecule has 154 valence electrons. The molecule has 0 spiro atoms. The molecule has 0 fully saturated rings. The second kappa shape index (κ2) is 7.39. The first kappa shape index (κ1) is 23.9. The number of pyridine rings is 1. The van der Waals surface area contributed by atoms with Crippen molar-refractivity contribution in [2.75, 3.05) is 0 Å². The molecule has 3 heteroatoms. The second-order valence-electron chi connectivity index (χ2n) is 12.3. The Bertz CT molecular complexity index is 834. The van der Waals surface area contributed by atoms with Gasteiger partial charge in [-0.15, -0.1) is 11.3 Å². The van der Waals surface area contributed by atoms with E-state index in [9.17, 15) is 4.79 Å². The molecule has 0 aromatic carbocycles. The fourth-order valence-corrected chi connectivity index (χ4v) is 4.32. The summed E-state index contributed by atoms with van der Waals surface area (Å²) < 4.78 is 1.85. The van der Waals surface area contributed by atoms with E-state index in [0.717, 1.165) is 10.4 Å². The van der Waals surface area contributed by atoms with E-state index in [0.29, 0.717) is 5.41 Å². The molecule has 2 rings (SSSR count). The molecule has 2 aromatic rings. The smallest absolute Gasteiger partial charge is 0.259 e. The first-order valence-corrected chi connectivity index (χ1v) is 10.8. The minimum Gasteiger partial charge on any atom is -0.274 e. The van der Waals surface area contributed by atoms with E-state index in [1.54, 1.807) is 11.3 Å². The van der Waals surface area contributed by atoms with Gasteiger partial charge in [0.1, 0.15) is 4.83 Å². The predicted molar refractivity (Wildman–Crippen MR) is 123 cm³/mol. The Balaban J connectivity index is 0.000000646. The zero-order valence-corrected chi connectivity index (χ0v) is 20.7. The third kappa shape index (κ3) is 5.94. The number of hydrogen-bond donors (Lipinski definition) is 0. The van der Waals surface area contributed by atoms with Crippen molar-refractivity contribution in [2.45, 2.75) is 106 Å². The van der Waals surface area contributed by atoms with Gasteiger partial charge in [0.15, 0.2) is 0 Å². The Morgan fingerprint density at radius 1 is 0.667 bits per heavy atom. The van der Waals surface area contributed by atoms with Crippen LogP contribution in [0.3, 0.4) is 0 Å². The van der Waals surface area contributed by atoms with Crippen LogP contribution in [0.5, 0.6) is 0 Å². The molecule has 0 amide bonds. The van der Waals surface area contributed by atoms with Gasteiger partial charge >= 0.3 is 0 Å². The third-order valence-corrected chi connectivity index (χ3v) is 4.89. The lowest BCUT2D eigenvalue weighted by Gasteiger charge is -2.36. The van der Waals surface area contributed by atoms with Gasteiger partial charge in [-0.3, -0.25) is 9.20 Å². The van der Waals surface area contributed by atoms with E-state index < -0.39 is 0 Å². The highest BCUT2D eigenvalue weighted by Gasteiger charge is 2.36. The van der Waals surface area contributed by atoms with E-state index in [4.69, 9.17) is 0 Å². The zero-order valence-electron chi connectivity index (χ0n) is 19.9. The quantitative estimate of drug-likeness (QED) is 0.461. The van der Waals surface area contributed by atoms with Gasteiger partial charge in [0, 0.05) is 17.1 Å². The average molecular weight is 392 g/mol. The van der Waals surface area contributed by atoms with Gasteiger partial charge < -0.3 is 0 Å². The van der Waals surface area contributed by atoms with Crippen molar-refractivity contribution in [3.8, 4) is 0 Å².